The van der Waals surface area contributed by atoms with Crippen molar-refractivity contribution in [2.45, 2.75) is 26.4 Å². The van der Waals surface area contributed by atoms with Crippen LogP contribution >= 0.6 is 0 Å². The van der Waals surface area contributed by atoms with Crippen molar-refractivity contribution in [3.8, 4) is 16.9 Å². The molecule has 2 N–H and O–H groups in total. The highest BCUT2D eigenvalue weighted by atomic mass is 16.5. The van der Waals surface area contributed by atoms with Crippen molar-refractivity contribution in [3.05, 3.63) is 60.4 Å². The van der Waals surface area contributed by atoms with E-state index >= 15 is 0 Å². The molecule has 0 aliphatic rings. The van der Waals surface area contributed by atoms with E-state index in [4.69, 9.17) is 4.74 Å². The molecule has 0 radical (unpaired) electrons. The van der Waals surface area contributed by atoms with Crippen LogP contribution in [0, 0.1) is 0 Å². The summed E-state index contributed by atoms with van der Waals surface area (Å²) in [5.74, 6) is 0.820. The fourth-order valence-corrected chi connectivity index (χ4v) is 2.93. The average molecular weight is 349 g/mol. The molecular weight excluding hydrogens is 326 g/mol. The van der Waals surface area contributed by atoms with Gasteiger partial charge in [-0.2, -0.15) is 0 Å². The zero-order chi connectivity index (χ0) is 18.5. The molecule has 0 aliphatic heterocycles. The summed E-state index contributed by atoms with van der Waals surface area (Å²) in [7, 11) is 1.66. The van der Waals surface area contributed by atoms with Crippen LogP contribution in [0.1, 0.15) is 19.4 Å². The van der Waals surface area contributed by atoms with Crippen molar-refractivity contribution < 1.29 is 9.53 Å². The third-order valence-electron chi connectivity index (χ3n) is 4.15. The van der Waals surface area contributed by atoms with Gasteiger partial charge < -0.3 is 15.4 Å². The van der Waals surface area contributed by atoms with E-state index in [0.717, 1.165) is 33.2 Å². The minimum Gasteiger partial charge on any atom is -0.497 e. The highest BCUT2D eigenvalue weighted by molar-refractivity contribution is 5.98. The Bertz CT molecular complexity index is 922. The zero-order valence-electron chi connectivity index (χ0n) is 15.2. The number of pyridine rings is 1. The molecule has 2 amide bonds. The predicted octanol–water partition coefficient (Wildman–Crippen LogP) is 4.12. The number of benzene rings is 2. The number of nitrogens with zero attached hydrogens (tertiary/aromatic N) is 1. The van der Waals surface area contributed by atoms with Gasteiger partial charge in [0, 0.05) is 30.4 Å². The predicted molar refractivity (Wildman–Crippen MR) is 104 cm³/mol. The van der Waals surface area contributed by atoms with Gasteiger partial charge >= 0.3 is 6.03 Å². The first-order valence-corrected chi connectivity index (χ1v) is 8.63. The summed E-state index contributed by atoms with van der Waals surface area (Å²) in [4.78, 5) is 16.1. The molecule has 0 saturated carbocycles. The molecule has 0 spiro atoms. The first-order valence-electron chi connectivity index (χ1n) is 8.63. The number of hydrogen-bond donors (Lipinski definition) is 2. The van der Waals surface area contributed by atoms with E-state index in [1.807, 2.05) is 50.4 Å². The number of carbonyl (C=O) groups is 1. The molecule has 0 unspecified atom stereocenters. The van der Waals surface area contributed by atoms with Crippen molar-refractivity contribution in [1.82, 2.24) is 15.6 Å². The highest BCUT2D eigenvalue weighted by Gasteiger charge is 2.10. The lowest BCUT2D eigenvalue weighted by atomic mass is 9.96. The second kappa shape index (κ2) is 7.87. The van der Waals surface area contributed by atoms with Gasteiger partial charge in [0.05, 0.1) is 7.11 Å². The topological polar surface area (TPSA) is 63.2 Å². The molecule has 5 heteroatoms. The minimum atomic E-state index is -0.172. The summed E-state index contributed by atoms with van der Waals surface area (Å²) in [5, 5.41) is 7.85. The van der Waals surface area contributed by atoms with Gasteiger partial charge in [-0.15, -0.1) is 0 Å². The maximum atomic E-state index is 11.9. The fourth-order valence-electron chi connectivity index (χ4n) is 2.93. The lowest BCUT2D eigenvalue weighted by molar-refractivity contribution is 0.238. The maximum absolute atomic E-state index is 11.9. The average Bonchev–Trinajstić information content (AvgIpc) is 2.65. The van der Waals surface area contributed by atoms with Crippen LogP contribution in [-0.2, 0) is 6.54 Å². The second-order valence-electron chi connectivity index (χ2n) is 6.41. The summed E-state index contributed by atoms with van der Waals surface area (Å²) in [5.41, 5.74) is 3.22. The fraction of sp³-hybridized carbons (Fsp3) is 0.238. The Morgan fingerprint density at radius 1 is 1.15 bits per heavy atom. The Hall–Kier alpha value is -3.08. The molecule has 5 nitrogen and oxygen atoms in total. The summed E-state index contributed by atoms with van der Waals surface area (Å²) in [6.45, 7) is 4.31. The van der Waals surface area contributed by atoms with E-state index in [9.17, 15) is 4.79 Å². The number of nitrogens with one attached hydrogen (secondary N) is 2. The Kier molecular flexibility index (Phi) is 5.37. The normalized spacial score (nSPS) is 10.8. The molecule has 26 heavy (non-hydrogen) atoms. The maximum Gasteiger partial charge on any atom is 0.315 e. The molecule has 1 heterocycles. The Balaban J connectivity index is 1.95. The van der Waals surface area contributed by atoms with Gasteiger partial charge in [-0.1, -0.05) is 24.3 Å². The lowest BCUT2D eigenvalue weighted by Crippen LogP contribution is -2.39. The summed E-state index contributed by atoms with van der Waals surface area (Å²) < 4.78 is 5.34. The van der Waals surface area contributed by atoms with Gasteiger partial charge in [-0.05, 0) is 54.1 Å². The van der Waals surface area contributed by atoms with Crippen molar-refractivity contribution in [3.63, 3.8) is 0 Å². The number of methoxy groups -OCH3 is 1. The standard InChI is InChI=1S/C21H23N3O2/c1-14(2)24-21(25)23-12-16-7-8-18(19-9-10-22-13-20(16)19)15-5-4-6-17(11-15)26-3/h4-11,13-14H,12H2,1-3H3,(H2,23,24,25). The second-order valence-corrected chi connectivity index (χ2v) is 6.41. The van der Waals surface area contributed by atoms with Crippen LogP contribution in [0.5, 0.6) is 5.75 Å². The molecular formula is C21H23N3O2. The van der Waals surface area contributed by atoms with Crippen LogP contribution < -0.4 is 15.4 Å². The molecule has 1 aromatic heterocycles. The molecule has 0 bridgehead atoms. The highest BCUT2D eigenvalue weighted by Crippen LogP contribution is 2.32. The minimum absolute atomic E-state index is 0.101. The number of hydrogen-bond acceptors (Lipinski definition) is 3. The lowest BCUT2D eigenvalue weighted by Gasteiger charge is -2.14. The smallest absolute Gasteiger partial charge is 0.315 e. The Morgan fingerprint density at radius 3 is 2.77 bits per heavy atom. The largest absolute Gasteiger partial charge is 0.497 e. The number of amides is 2. The number of ether oxygens (including phenoxy) is 1. The van der Waals surface area contributed by atoms with E-state index in [2.05, 4.69) is 27.8 Å². The number of rotatable bonds is 5. The first-order chi connectivity index (χ1) is 12.6. The summed E-state index contributed by atoms with van der Waals surface area (Å²) in [6.07, 6.45) is 3.63. The van der Waals surface area contributed by atoms with Crippen molar-refractivity contribution in [2.75, 3.05) is 7.11 Å². The molecule has 3 aromatic rings. The van der Waals surface area contributed by atoms with Crippen LogP contribution in [0.4, 0.5) is 4.79 Å². The van der Waals surface area contributed by atoms with E-state index in [1.54, 1.807) is 13.3 Å². The van der Waals surface area contributed by atoms with Gasteiger partial charge in [-0.25, -0.2) is 4.79 Å². The van der Waals surface area contributed by atoms with Crippen LogP contribution in [0.25, 0.3) is 21.9 Å². The van der Waals surface area contributed by atoms with Gasteiger partial charge in [-0.3, -0.25) is 4.98 Å². The van der Waals surface area contributed by atoms with Crippen LogP contribution in [0.3, 0.4) is 0 Å². The van der Waals surface area contributed by atoms with Crippen molar-refractivity contribution >= 4 is 16.8 Å². The molecule has 134 valence electrons. The SMILES string of the molecule is COc1cccc(-c2ccc(CNC(=O)NC(C)C)c3cnccc23)c1. The molecule has 2 aromatic carbocycles. The van der Waals surface area contributed by atoms with Gasteiger partial charge in [0.25, 0.3) is 0 Å². The van der Waals surface area contributed by atoms with E-state index < -0.39 is 0 Å². The molecule has 0 saturated heterocycles. The van der Waals surface area contributed by atoms with Gasteiger partial charge in [0.2, 0.25) is 0 Å². The van der Waals surface area contributed by atoms with Crippen molar-refractivity contribution in [1.29, 1.82) is 0 Å². The Labute approximate surface area is 153 Å². The number of urea groups is 1. The van der Waals surface area contributed by atoms with Crippen LogP contribution in [0.15, 0.2) is 54.9 Å². The number of fused-ring (bicyclic) bond motifs is 1. The van der Waals surface area contributed by atoms with Crippen LogP contribution in [0.2, 0.25) is 0 Å². The zero-order valence-corrected chi connectivity index (χ0v) is 15.2. The van der Waals surface area contributed by atoms with Crippen LogP contribution in [-0.4, -0.2) is 24.2 Å². The summed E-state index contributed by atoms with van der Waals surface area (Å²) in [6, 6.07) is 14.0. The molecule has 3 rings (SSSR count). The van der Waals surface area contributed by atoms with Gasteiger partial charge in [0.15, 0.2) is 0 Å². The van der Waals surface area contributed by atoms with Crippen molar-refractivity contribution in [2.24, 2.45) is 0 Å². The van der Waals surface area contributed by atoms with E-state index in [1.165, 1.54) is 0 Å². The third-order valence-corrected chi connectivity index (χ3v) is 4.15. The molecule has 0 aliphatic carbocycles. The van der Waals surface area contributed by atoms with E-state index in [0.29, 0.717) is 6.54 Å². The van der Waals surface area contributed by atoms with E-state index in [-0.39, 0.29) is 12.1 Å². The number of aromatic nitrogens is 1. The summed E-state index contributed by atoms with van der Waals surface area (Å²) >= 11 is 0. The number of carbonyl (C=O) groups excluding carboxylic acids is 1. The first kappa shape index (κ1) is 17.7. The molecule has 0 fully saturated rings. The monoisotopic (exact) mass is 349 g/mol. The Morgan fingerprint density at radius 2 is 2.00 bits per heavy atom. The molecule has 0 atom stereocenters. The quantitative estimate of drug-likeness (QED) is 0.728. The third kappa shape index (κ3) is 3.94. The van der Waals surface area contributed by atoms with Gasteiger partial charge in [0.1, 0.15) is 5.75 Å².